The van der Waals surface area contributed by atoms with Gasteiger partial charge < -0.3 is 4.90 Å². The maximum atomic E-state index is 12.5. The van der Waals surface area contributed by atoms with Crippen molar-refractivity contribution in [1.82, 2.24) is 4.90 Å². The molecule has 0 radical (unpaired) electrons. The van der Waals surface area contributed by atoms with Crippen LogP contribution in [0.3, 0.4) is 0 Å². The van der Waals surface area contributed by atoms with Crippen molar-refractivity contribution in [2.45, 2.75) is 26.8 Å². The van der Waals surface area contributed by atoms with Crippen molar-refractivity contribution in [3.63, 3.8) is 0 Å². The molecule has 2 aliphatic rings. The van der Waals surface area contributed by atoms with Crippen molar-refractivity contribution in [2.75, 3.05) is 0 Å². The highest BCUT2D eigenvalue weighted by molar-refractivity contribution is 8.16. The topological polar surface area (TPSA) is 32.7 Å². The molecule has 26 heavy (non-hydrogen) atoms. The number of aryl methyl sites for hydroxylation is 1. The van der Waals surface area contributed by atoms with Crippen molar-refractivity contribution in [1.29, 1.82) is 0 Å². The van der Waals surface area contributed by atoms with E-state index in [2.05, 4.69) is 53.6 Å². The lowest BCUT2D eigenvalue weighted by atomic mass is 9.91. The number of fused-ring (bicyclic) bond motifs is 1. The van der Waals surface area contributed by atoms with Gasteiger partial charge in [0.2, 0.25) is 0 Å². The zero-order valence-electron chi connectivity index (χ0n) is 15.1. The third-order valence-electron chi connectivity index (χ3n) is 4.77. The fourth-order valence-electron chi connectivity index (χ4n) is 3.51. The molecule has 0 N–H and O–H groups in total. The van der Waals surface area contributed by atoms with Gasteiger partial charge in [0.1, 0.15) is 0 Å². The number of nitrogens with zero attached hydrogens (tertiary/aromatic N) is 2. The van der Waals surface area contributed by atoms with Crippen LogP contribution in [-0.4, -0.2) is 15.9 Å². The molecule has 2 aliphatic heterocycles. The normalized spacial score (nSPS) is 19.2. The molecule has 0 aromatic heterocycles. The van der Waals surface area contributed by atoms with Crippen LogP contribution in [0.2, 0.25) is 0 Å². The second-order valence-electron chi connectivity index (χ2n) is 6.62. The zero-order valence-corrected chi connectivity index (χ0v) is 15.9. The van der Waals surface area contributed by atoms with Gasteiger partial charge in [-0.3, -0.25) is 4.79 Å². The van der Waals surface area contributed by atoms with Gasteiger partial charge in [-0.1, -0.05) is 71.9 Å². The van der Waals surface area contributed by atoms with E-state index >= 15 is 0 Å². The van der Waals surface area contributed by atoms with Crippen molar-refractivity contribution < 1.29 is 4.79 Å². The maximum absolute atomic E-state index is 12.5. The lowest BCUT2D eigenvalue weighted by Gasteiger charge is -2.36. The number of carbonyl (C=O) groups is 1. The number of benzene rings is 2. The molecule has 0 aliphatic carbocycles. The van der Waals surface area contributed by atoms with E-state index in [-0.39, 0.29) is 11.8 Å². The quantitative estimate of drug-likeness (QED) is 0.743. The molecule has 2 aromatic rings. The van der Waals surface area contributed by atoms with Gasteiger partial charge in [-0.15, -0.1) is 0 Å². The summed E-state index contributed by atoms with van der Waals surface area (Å²) in [6.45, 7) is 5.64. The molecule has 0 saturated carbocycles. The Morgan fingerprint density at radius 3 is 2.38 bits per heavy atom. The molecule has 0 amide bonds. The number of aliphatic imine (C=N–C) groups is 1. The molecule has 0 fully saturated rings. The smallest absolute Gasteiger partial charge is 0.173 e. The number of ketones is 1. The van der Waals surface area contributed by atoms with Crippen LogP contribution in [-0.2, 0) is 4.79 Å². The van der Waals surface area contributed by atoms with E-state index in [9.17, 15) is 4.79 Å². The van der Waals surface area contributed by atoms with Gasteiger partial charge in [0.05, 0.1) is 11.7 Å². The highest BCUT2D eigenvalue weighted by atomic mass is 32.2. The van der Waals surface area contributed by atoms with Crippen molar-refractivity contribution in [3.05, 3.63) is 88.0 Å². The number of hydrogen-bond acceptors (Lipinski definition) is 4. The number of rotatable bonds is 3. The Labute approximate surface area is 158 Å². The van der Waals surface area contributed by atoms with E-state index in [1.807, 2.05) is 25.1 Å². The van der Waals surface area contributed by atoms with E-state index in [0.717, 1.165) is 33.3 Å². The Balaban J connectivity index is 1.88. The molecule has 0 bridgehead atoms. The lowest BCUT2D eigenvalue weighted by molar-refractivity contribution is -0.114. The monoisotopic (exact) mass is 360 g/mol. The largest absolute Gasteiger partial charge is 0.308 e. The lowest BCUT2D eigenvalue weighted by Crippen LogP contribution is -2.35. The Morgan fingerprint density at radius 1 is 1.04 bits per heavy atom. The van der Waals surface area contributed by atoms with Gasteiger partial charge in [-0.25, -0.2) is 4.99 Å². The third kappa shape index (κ3) is 2.80. The minimum Gasteiger partial charge on any atom is -0.308 e. The van der Waals surface area contributed by atoms with E-state index in [4.69, 9.17) is 4.99 Å². The Morgan fingerprint density at radius 2 is 1.73 bits per heavy atom. The van der Waals surface area contributed by atoms with E-state index < -0.39 is 0 Å². The first-order chi connectivity index (χ1) is 12.6. The molecule has 1 unspecified atom stereocenters. The second-order valence-corrected chi connectivity index (χ2v) is 7.46. The van der Waals surface area contributed by atoms with E-state index in [1.54, 1.807) is 18.7 Å². The molecule has 2 aromatic carbocycles. The number of carbonyl (C=O) groups excluding carboxylic acids is 1. The van der Waals surface area contributed by atoms with Crippen LogP contribution in [0.1, 0.15) is 36.6 Å². The maximum Gasteiger partial charge on any atom is 0.173 e. The predicted octanol–water partition coefficient (Wildman–Crippen LogP) is 5.32. The number of thioether (sulfide) groups is 1. The molecule has 3 nitrogen and oxygen atoms in total. The number of Topliss-reactive ketones (excluding diaryl/α,β-unsaturated/α-hetero) is 1. The van der Waals surface area contributed by atoms with E-state index in [0.29, 0.717) is 0 Å². The Hall–Kier alpha value is -2.59. The SMILES string of the molecule is CC(=O)C1=C(C)N=C2SC=C(c3ccccc3)N2C1c1ccc(C)cc1. The molecule has 1 atom stereocenters. The number of allylic oxidation sites excluding steroid dienone is 1. The van der Waals surface area contributed by atoms with Crippen LogP contribution < -0.4 is 0 Å². The summed E-state index contributed by atoms with van der Waals surface area (Å²) in [6, 6.07) is 18.6. The number of hydrogen-bond donors (Lipinski definition) is 0. The predicted molar refractivity (Wildman–Crippen MR) is 109 cm³/mol. The first-order valence-corrected chi connectivity index (χ1v) is 9.52. The third-order valence-corrected chi connectivity index (χ3v) is 5.61. The average molecular weight is 360 g/mol. The summed E-state index contributed by atoms with van der Waals surface area (Å²) >= 11 is 1.62. The summed E-state index contributed by atoms with van der Waals surface area (Å²) in [5, 5.41) is 3.06. The summed E-state index contributed by atoms with van der Waals surface area (Å²) in [5.41, 5.74) is 6.11. The Bertz CT molecular complexity index is 955. The molecular weight excluding hydrogens is 340 g/mol. The summed E-state index contributed by atoms with van der Waals surface area (Å²) in [6.07, 6.45) is 0. The van der Waals surface area contributed by atoms with Gasteiger partial charge in [-0.2, -0.15) is 0 Å². The van der Waals surface area contributed by atoms with Crippen LogP contribution in [0.25, 0.3) is 5.70 Å². The van der Waals surface area contributed by atoms with Crippen LogP contribution in [0.15, 0.2) is 76.3 Å². The molecule has 130 valence electrons. The van der Waals surface area contributed by atoms with Gasteiger partial charge in [0.15, 0.2) is 11.0 Å². The number of amidine groups is 1. The van der Waals surface area contributed by atoms with Crippen LogP contribution in [0.4, 0.5) is 0 Å². The van der Waals surface area contributed by atoms with Gasteiger partial charge in [0.25, 0.3) is 0 Å². The minimum absolute atomic E-state index is 0.0696. The summed E-state index contributed by atoms with van der Waals surface area (Å²) in [4.78, 5) is 19.4. The van der Waals surface area contributed by atoms with Crippen molar-refractivity contribution >= 4 is 28.4 Å². The van der Waals surface area contributed by atoms with Gasteiger partial charge in [-0.05, 0) is 31.9 Å². The zero-order chi connectivity index (χ0) is 18.3. The second kappa shape index (κ2) is 6.61. The van der Waals surface area contributed by atoms with Gasteiger partial charge in [0, 0.05) is 16.7 Å². The average Bonchev–Trinajstić information content (AvgIpc) is 3.05. The molecule has 4 rings (SSSR count). The molecule has 2 heterocycles. The van der Waals surface area contributed by atoms with Crippen molar-refractivity contribution in [3.8, 4) is 0 Å². The van der Waals surface area contributed by atoms with Crippen LogP contribution in [0.5, 0.6) is 0 Å². The van der Waals surface area contributed by atoms with Crippen LogP contribution >= 0.6 is 11.8 Å². The fourth-order valence-corrected chi connectivity index (χ4v) is 4.49. The minimum atomic E-state index is -0.151. The Kier molecular flexibility index (Phi) is 4.29. The highest BCUT2D eigenvalue weighted by Gasteiger charge is 2.39. The van der Waals surface area contributed by atoms with Gasteiger partial charge >= 0.3 is 0 Å². The summed E-state index contributed by atoms with van der Waals surface area (Å²) in [7, 11) is 0. The summed E-state index contributed by atoms with van der Waals surface area (Å²) < 4.78 is 0. The fraction of sp³-hybridized carbons (Fsp3) is 0.182. The van der Waals surface area contributed by atoms with Crippen molar-refractivity contribution in [2.24, 2.45) is 4.99 Å². The highest BCUT2D eigenvalue weighted by Crippen LogP contribution is 2.46. The van der Waals surface area contributed by atoms with Crippen LogP contribution in [0, 0.1) is 6.92 Å². The molecule has 4 heteroatoms. The molecular formula is C22H20N2OS. The first-order valence-electron chi connectivity index (χ1n) is 8.64. The summed E-state index contributed by atoms with van der Waals surface area (Å²) in [5.74, 6) is 0.0696. The molecule has 0 spiro atoms. The molecule has 0 saturated heterocycles. The first kappa shape index (κ1) is 16.9. The van der Waals surface area contributed by atoms with E-state index in [1.165, 1.54) is 5.56 Å². The standard InChI is InChI=1S/C22H20N2OS/c1-14-9-11-18(12-10-14)21-20(16(3)25)15(2)23-22-24(21)19(13-26-22)17-7-5-4-6-8-17/h4-13,21H,1-3H3.